The molecule has 0 saturated carbocycles. The van der Waals surface area contributed by atoms with E-state index in [1.807, 2.05) is 30.3 Å². The van der Waals surface area contributed by atoms with Crippen LogP contribution in [0.3, 0.4) is 0 Å². The Labute approximate surface area is 75.7 Å². The Hall–Kier alpha value is 0.983. The molecule has 4 heteroatoms. The molecule has 1 rings (SSSR count). The molecule has 0 aliphatic carbocycles. The minimum atomic E-state index is -1.96. The molecular formula is C6H5Cl2PZr. The maximum absolute atomic E-state index is 5.76. The molecule has 0 nitrogen and oxygen atoms in total. The van der Waals surface area contributed by atoms with Crippen LogP contribution in [-0.2, 0) is 18.3 Å². The van der Waals surface area contributed by atoms with Gasteiger partial charge >= 0.3 is 76.3 Å². The predicted molar refractivity (Wildman–Crippen MR) is 44.7 cm³/mol. The molecule has 0 aliphatic heterocycles. The Bertz CT molecular complexity index is 231. The molecule has 52 valence electrons. The van der Waals surface area contributed by atoms with Gasteiger partial charge in [-0.1, -0.05) is 0 Å². The van der Waals surface area contributed by atoms with Gasteiger partial charge in [-0.25, -0.2) is 0 Å². The third kappa shape index (κ3) is 3.40. The Morgan fingerprint density at radius 2 is 1.70 bits per heavy atom. The van der Waals surface area contributed by atoms with Crippen LogP contribution in [0.1, 0.15) is 0 Å². The van der Waals surface area contributed by atoms with Crippen molar-refractivity contribution in [1.82, 2.24) is 0 Å². The van der Waals surface area contributed by atoms with Crippen molar-refractivity contribution in [2.45, 2.75) is 0 Å². The van der Waals surface area contributed by atoms with Gasteiger partial charge in [0, 0.05) is 0 Å². The molecule has 0 aliphatic rings. The zero-order valence-electron chi connectivity index (χ0n) is 5.09. The van der Waals surface area contributed by atoms with Gasteiger partial charge in [-0.3, -0.25) is 0 Å². The summed E-state index contributed by atoms with van der Waals surface area (Å²) < 4.78 is 0. The number of hydrogen-bond acceptors (Lipinski definition) is 0. The first kappa shape index (κ1) is 9.07. The van der Waals surface area contributed by atoms with Crippen molar-refractivity contribution in [2.24, 2.45) is 0 Å². The van der Waals surface area contributed by atoms with Gasteiger partial charge in [-0.2, -0.15) is 0 Å². The van der Waals surface area contributed by atoms with E-state index in [0.717, 1.165) is 5.40 Å². The summed E-state index contributed by atoms with van der Waals surface area (Å²) in [4.78, 5) is 0. The first-order valence-corrected chi connectivity index (χ1v) is 13.3. The van der Waals surface area contributed by atoms with E-state index < -0.39 is 18.3 Å². The normalized spacial score (nSPS) is 9.80. The van der Waals surface area contributed by atoms with Crippen LogP contribution < -0.4 is 5.30 Å². The fourth-order valence-corrected chi connectivity index (χ4v) is 7.12. The van der Waals surface area contributed by atoms with Gasteiger partial charge in [0.15, 0.2) is 0 Å². The molecule has 0 bridgehead atoms. The second-order valence-corrected chi connectivity index (χ2v) is 16.6. The van der Waals surface area contributed by atoms with E-state index in [1.165, 1.54) is 5.30 Å². The molecule has 0 saturated heterocycles. The van der Waals surface area contributed by atoms with Crippen molar-refractivity contribution in [3.05, 3.63) is 30.3 Å². The van der Waals surface area contributed by atoms with E-state index in [9.17, 15) is 0 Å². The summed E-state index contributed by atoms with van der Waals surface area (Å²) in [6.07, 6.45) is 0. The zero-order chi connectivity index (χ0) is 7.40. The van der Waals surface area contributed by atoms with Crippen molar-refractivity contribution in [1.29, 1.82) is 0 Å². The van der Waals surface area contributed by atoms with E-state index in [2.05, 4.69) is 0 Å². The summed E-state index contributed by atoms with van der Waals surface area (Å²) in [5, 5.41) is 2.40. The first-order chi connectivity index (χ1) is 4.79. The molecule has 0 atom stereocenters. The van der Waals surface area contributed by atoms with Gasteiger partial charge < -0.3 is 0 Å². The van der Waals surface area contributed by atoms with Gasteiger partial charge in [0.2, 0.25) is 0 Å². The average Bonchev–Trinajstić information content (AvgIpc) is 1.88. The third-order valence-electron chi connectivity index (χ3n) is 0.970. The van der Waals surface area contributed by atoms with Crippen LogP contribution in [0.25, 0.3) is 0 Å². The molecule has 0 radical (unpaired) electrons. The van der Waals surface area contributed by atoms with E-state index in [-0.39, 0.29) is 0 Å². The Morgan fingerprint density at radius 3 is 2.20 bits per heavy atom. The summed E-state index contributed by atoms with van der Waals surface area (Å²) in [7, 11) is 11.5. The molecule has 0 N–H and O–H groups in total. The SMILES string of the molecule is [Cl][Zr]([Cl])=[P]c1ccccc1. The van der Waals surface area contributed by atoms with Crippen molar-refractivity contribution in [2.75, 3.05) is 0 Å². The molecule has 0 spiro atoms. The summed E-state index contributed by atoms with van der Waals surface area (Å²) in [5.74, 6) is 0. The van der Waals surface area contributed by atoms with Crippen molar-refractivity contribution < 1.29 is 18.3 Å². The zero-order valence-corrected chi connectivity index (χ0v) is 9.95. The van der Waals surface area contributed by atoms with E-state index in [4.69, 9.17) is 17.0 Å². The van der Waals surface area contributed by atoms with Crippen LogP contribution in [0.5, 0.6) is 0 Å². The van der Waals surface area contributed by atoms with E-state index in [1.54, 1.807) is 0 Å². The van der Waals surface area contributed by atoms with E-state index >= 15 is 0 Å². The number of halogens is 2. The number of benzene rings is 1. The topological polar surface area (TPSA) is 0 Å². The van der Waals surface area contributed by atoms with Gasteiger partial charge in [-0.15, -0.1) is 0 Å². The van der Waals surface area contributed by atoms with Crippen LogP contribution >= 0.6 is 22.4 Å². The molecule has 0 fully saturated rings. The maximum atomic E-state index is 5.76. The number of hydrogen-bond donors (Lipinski definition) is 0. The van der Waals surface area contributed by atoms with Crippen molar-refractivity contribution >= 4 is 27.7 Å². The summed E-state index contributed by atoms with van der Waals surface area (Å²) in [6, 6.07) is 10.1. The van der Waals surface area contributed by atoms with Gasteiger partial charge in [0.05, 0.1) is 0 Å². The molecule has 1 aromatic rings. The molecule has 1 aromatic carbocycles. The Kier molecular flexibility index (Phi) is 4.34. The van der Waals surface area contributed by atoms with Gasteiger partial charge in [-0.05, 0) is 0 Å². The predicted octanol–water partition coefficient (Wildman–Crippen LogP) is 3.10. The number of rotatable bonds is 1. The summed E-state index contributed by atoms with van der Waals surface area (Å²) >= 11 is -1.96. The molecule has 10 heavy (non-hydrogen) atoms. The summed E-state index contributed by atoms with van der Waals surface area (Å²) in [6.45, 7) is 0. The molecule has 0 aromatic heterocycles. The average molecular weight is 270 g/mol. The molecule has 0 heterocycles. The van der Waals surface area contributed by atoms with Crippen LogP contribution in [0, 0.1) is 0 Å². The summed E-state index contributed by atoms with van der Waals surface area (Å²) in [5.41, 5.74) is 0. The molecule has 0 unspecified atom stereocenters. The first-order valence-electron chi connectivity index (χ1n) is 2.74. The minimum absolute atomic E-state index is 1.16. The molecular weight excluding hydrogens is 265 g/mol. The van der Waals surface area contributed by atoms with Crippen LogP contribution in [0.15, 0.2) is 30.3 Å². The fraction of sp³-hybridized carbons (Fsp3) is 0. The van der Waals surface area contributed by atoms with Gasteiger partial charge in [0.1, 0.15) is 0 Å². The van der Waals surface area contributed by atoms with Crippen molar-refractivity contribution in [3.63, 3.8) is 0 Å². The van der Waals surface area contributed by atoms with Gasteiger partial charge in [0.25, 0.3) is 0 Å². The van der Waals surface area contributed by atoms with Crippen LogP contribution in [0.4, 0.5) is 0 Å². The monoisotopic (exact) mass is 268 g/mol. The molecule has 0 amide bonds. The second-order valence-electron chi connectivity index (χ2n) is 1.69. The quantitative estimate of drug-likeness (QED) is 0.688. The van der Waals surface area contributed by atoms with E-state index in [0.29, 0.717) is 0 Å². The standard InChI is InChI=1S/C6H5P.2ClH.Zr/c7-6-4-2-1-3-5-6;;;/h1-5H;2*1H;/q;;;+2/p-2. The fourth-order valence-electron chi connectivity index (χ4n) is 0.600. The van der Waals surface area contributed by atoms with Crippen LogP contribution in [-0.4, -0.2) is 0 Å². The van der Waals surface area contributed by atoms with Crippen molar-refractivity contribution in [3.8, 4) is 0 Å². The van der Waals surface area contributed by atoms with Crippen LogP contribution in [0.2, 0.25) is 0 Å². The second kappa shape index (κ2) is 4.78. The Balaban J connectivity index is 2.87. The Morgan fingerprint density at radius 1 is 1.10 bits per heavy atom. The third-order valence-corrected chi connectivity index (χ3v) is 7.85.